The number of nitrogens with one attached hydrogen (secondary N) is 1. The van der Waals surface area contributed by atoms with Crippen LogP contribution in [-0.2, 0) is 4.79 Å². The zero-order valence-corrected chi connectivity index (χ0v) is 12.4. The predicted molar refractivity (Wildman–Crippen MR) is 81.3 cm³/mol. The second-order valence-electron chi connectivity index (χ2n) is 4.69. The highest BCUT2D eigenvalue weighted by atomic mass is 35.5. The molecular weight excluding hydrogens is 293 g/mol. The van der Waals surface area contributed by atoms with Crippen LogP contribution in [0.1, 0.15) is 12.5 Å². The van der Waals surface area contributed by atoms with E-state index in [1.54, 1.807) is 13.0 Å². The molecule has 0 unspecified atom stereocenters. The summed E-state index contributed by atoms with van der Waals surface area (Å²) in [6, 6.07) is 11.2. The minimum Gasteiger partial charge on any atom is -0.479 e. The molecule has 0 fully saturated rings. The zero-order valence-electron chi connectivity index (χ0n) is 11.7. The van der Waals surface area contributed by atoms with E-state index >= 15 is 0 Å². The Balaban J connectivity index is 2.02. The Bertz CT molecular complexity index is 660. The van der Waals surface area contributed by atoms with Gasteiger partial charge in [0, 0.05) is 5.69 Å². The van der Waals surface area contributed by atoms with Crippen LogP contribution in [0.5, 0.6) is 5.75 Å². The number of amides is 1. The molecule has 2 rings (SSSR count). The average Bonchev–Trinajstić information content (AvgIpc) is 2.41. The lowest BCUT2D eigenvalue weighted by Gasteiger charge is -2.15. The first-order valence-electron chi connectivity index (χ1n) is 6.45. The number of aryl methyl sites for hydroxylation is 1. The number of hydrogen-bond donors (Lipinski definition) is 1. The second-order valence-corrected chi connectivity index (χ2v) is 5.10. The normalized spacial score (nSPS) is 11.8. The number of hydrogen-bond acceptors (Lipinski definition) is 2. The Morgan fingerprint density at radius 1 is 1.29 bits per heavy atom. The molecule has 21 heavy (non-hydrogen) atoms. The lowest BCUT2D eigenvalue weighted by atomic mass is 10.2. The number of carbonyl (C=O) groups excluding carboxylic acids is 1. The van der Waals surface area contributed by atoms with E-state index in [0.29, 0.717) is 5.69 Å². The maximum absolute atomic E-state index is 12.9. The summed E-state index contributed by atoms with van der Waals surface area (Å²) in [7, 11) is 0. The molecule has 5 heteroatoms. The summed E-state index contributed by atoms with van der Waals surface area (Å²) in [4.78, 5) is 12.1. The third-order valence-corrected chi connectivity index (χ3v) is 3.15. The third-order valence-electron chi connectivity index (χ3n) is 2.85. The van der Waals surface area contributed by atoms with E-state index in [4.69, 9.17) is 16.3 Å². The number of halogens is 2. The van der Waals surface area contributed by atoms with Crippen LogP contribution < -0.4 is 10.1 Å². The van der Waals surface area contributed by atoms with Gasteiger partial charge >= 0.3 is 0 Å². The number of rotatable bonds is 4. The van der Waals surface area contributed by atoms with E-state index in [9.17, 15) is 9.18 Å². The average molecular weight is 308 g/mol. The van der Waals surface area contributed by atoms with Crippen LogP contribution >= 0.6 is 11.6 Å². The van der Waals surface area contributed by atoms with Crippen LogP contribution in [0.3, 0.4) is 0 Å². The maximum Gasteiger partial charge on any atom is 0.265 e. The van der Waals surface area contributed by atoms with Crippen molar-refractivity contribution in [1.29, 1.82) is 0 Å². The molecule has 0 aromatic heterocycles. The van der Waals surface area contributed by atoms with E-state index in [-0.39, 0.29) is 16.7 Å². The van der Waals surface area contributed by atoms with E-state index in [0.717, 1.165) is 11.6 Å². The van der Waals surface area contributed by atoms with E-state index in [2.05, 4.69) is 5.32 Å². The van der Waals surface area contributed by atoms with Crippen molar-refractivity contribution in [2.45, 2.75) is 20.0 Å². The molecule has 0 aliphatic heterocycles. The molecule has 0 aliphatic carbocycles. The Morgan fingerprint density at radius 3 is 2.71 bits per heavy atom. The van der Waals surface area contributed by atoms with E-state index in [1.807, 2.05) is 25.1 Å². The lowest BCUT2D eigenvalue weighted by Crippen LogP contribution is -2.30. The van der Waals surface area contributed by atoms with Gasteiger partial charge in [-0.15, -0.1) is 0 Å². The topological polar surface area (TPSA) is 38.3 Å². The van der Waals surface area contributed by atoms with Crippen molar-refractivity contribution in [2.24, 2.45) is 0 Å². The smallest absolute Gasteiger partial charge is 0.265 e. The number of carbonyl (C=O) groups is 1. The highest BCUT2D eigenvalue weighted by Crippen LogP contribution is 2.26. The first kappa shape index (κ1) is 15.3. The molecule has 0 saturated heterocycles. The van der Waals surface area contributed by atoms with Gasteiger partial charge in [-0.25, -0.2) is 4.39 Å². The summed E-state index contributed by atoms with van der Waals surface area (Å²) in [6.07, 6.45) is -0.756. The molecule has 0 aliphatic rings. The van der Waals surface area contributed by atoms with Crippen LogP contribution in [0.25, 0.3) is 0 Å². The molecule has 1 N–H and O–H groups in total. The number of ether oxygens (including phenoxy) is 1. The van der Waals surface area contributed by atoms with Crippen LogP contribution in [-0.4, -0.2) is 12.0 Å². The van der Waals surface area contributed by atoms with Gasteiger partial charge in [-0.05, 0) is 49.7 Å². The first-order chi connectivity index (χ1) is 9.95. The Morgan fingerprint density at radius 2 is 2.05 bits per heavy atom. The number of anilines is 1. The molecule has 0 spiro atoms. The molecule has 0 radical (unpaired) electrons. The van der Waals surface area contributed by atoms with Gasteiger partial charge in [0.15, 0.2) is 6.10 Å². The molecule has 2 aromatic rings. The summed E-state index contributed by atoms with van der Waals surface area (Å²) in [5.41, 5.74) is 1.74. The molecule has 0 heterocycles. The SMILES string of the molecule is Cc1cccc(NC(=O)[C@H](C)Oc2ccc(F)cc2Cl)c1. The van der Waals surface area contributed by atoms with Gasteiger partial charge in [-0.1, -0.05) is 23.7 Å². The fraction of sp³-hybridized carbons (Fsp3) is 0.188. The minimum absolute atomic E-state index is 0.130. The highest BCUT2D eigenvalue weighted by Gasteiger charge is 2.16. The van der Waals surface area contributed by atoms with Crippen molar-refractivity contribution in [1.82, 2.24) is 0 Å². The molecule has 1 atom stereocenters. The number of benzene rings is 2. The third kappa shape index (κ3) is 4.20. The minimum atomic E-state index is -0.756. The largest absolute Gasteiger partial charge is 0.479 e. The summed E-state index contributed by atoms with van der Waals surface area (Å²) < 4.78 is 18.4. The van der Waals surface area contributed by atoms with Crippen molar-refractivity contribution < 1.29 is 13.9 Å². The van der Waals surface area contributed by atoms with Crippen molar-refractivity contribution in [3.63, 3.8) is 0 Å². The van der Waals surface area contributed by atoms with Crippen LogP contribution in [0.2, 0.25) is 5.02 Å². The second kappa shape index (κ2) is 6.59. The quantitative estimate of drug-likeness (QED) is 0.919. The van der Waals surface area contributed by atoms with Crippen molar-refractivity contribution >= 4 is 23.2 Å². The van der Waals surface area contributed by atoms with Crippen molar-refractivity contribution in [3.8, 4) is 5.75 Å². The van der Waals surface area contributed by atoms with Gasteiger partial charge in [-0.2, -0.15) is 0 Å². The molecule has 1 amide bonds. The van der Waals surface area contributed by atoms with Gasteiger partial charge in [0.05, 0.1) is 5.02 Å². The zero-order chi connectivity index (χ0) is 15.4. The molecule has 0 saturated carbocycles. The van der Waals surface area contributed by atoms with Gasteiger partial charge < -0.3 is 10.1 Å². The van der Waals surface area contributed by atoms with Crippen molar-refractivity contribution in [2.75, 3.05) is 5.32 Å². The summed E-state index contributed by atoms with van der Waals surface area (Å²) in [6.45, 7) is 3.54. The van der Waals surface area contributed by atoms with Gasteiger partial charge in [0.25, 0.3) is 5.91 Å². The van der Waals surface area contributed by atoms with Gasteiger partial charge in [0.2, 0.25) is 0 Å². The van der Waals surface area contributed by atoms with Gasteiger partial charge in [0.1, 0.15) is 11.6 Å². The molecule has 3 nitrogen and oxygen atoms in total. The fourth-order valence-corrected chi connectivity index (χ4v) is 1.99. The Hall–Kier alpha value is -2.07. The van der Waals surface area contributed by atoms with Crippen molar-refractivity contribution in [3.05, 3.63) is 58.9 Å². The van der Waals surface area contributed by atoms with E-state index < -0.39 is 11.9 Å². The lowest BCUT2D eigenvalue weighted by molar-refractivity contribution is -0.122. The summed E-state index contributed by atoms with van der Waals surface area (Å²) in [5, 5.41) is 2.88. The summed E-state index contributed by atoms with van der Waals surface area (Å²) >= 11 is 5.86. The molecule has 0 bridgehead atoms. The van der Waals surface area contributed by atoms with Crippen LogP contribution in [0, 0.1) is 12.7 Å². The fourth-order valence-electron chi connectivity index (χ4n) is 1.78. The van der Waals surface area contributed by atoms with Crippen LogP contribution in [0.4, 0.5) is 10.1 Å². The maximum atomic E-state index is 12.9. The van der Waals surface area contributed by atoms with E-state index in [1.165, 1.54) is 12.1 Å². The molecular formula is C16H15ClFNO2. The monoisotopic (exact) mass is 307 g/mol. The highest BCUT2D eigenvalue weighted by molar-refractivity contribution is 6.32. The molecule has 2 aromatic carbocycles. The predicted octanol–water partition coefficient (Wildman–Crippen LogP) is 4.19. The van der Waals surface area contributed by atoms with Gasteiger partial charge in [-0.3, -0.25) is 4.79 Å². The Kier molecular flexibility index (Phi) is 4.81. The summed E-state index contributed by atoms with van der Waals surface area (Å²) in [5.74, 6) is -0.491. The Labute approximate surface area is 127 Å². The first-order valence-corrected chi connectivity index (χ1v) is 6.83. The standard InChI is InChI=1S/C16H15ClFNO2/c1-10-4-3-5-13(8-10)19-16(20)11(2)21-15-7-6-12(18)9-14(15)17/h3-9,11H,1-2H3,(H,19,20)/t11-/m0/s1. The van der Waals surface area contributed by atoms with Crippen LogP contribution in [0.15, 0.2) is 42.5 Å². The molecule has 110 valence electrons.